The Labute approximate surface area is 169 Å². The van der Waals surface area contributed by atoms with E-state index in [4.69, 9.17) is 4.99 Å². The normalized spacial score (nSPS) is 16.7. The smallest absolute Gasteiger partial charge is 0.227 e. The number of rotatable bonds is 6. The first kappa shape index (κ1) is 21.2. The minimum atomic E-state index is -0.510. The highest BCUT2D eigenvalue weighted by Gasteiger charge is 2.27. The first-order valence-electron chi connectivity index (χ1n) is 9.07. The fourth-order valence-corrected chi connectivity index (χ4v) is 4.41. The quantitative estimate of drug-likeness (QED) is 0.523. The van der Waals surface area contributed by atoms with Crippen molar-refractivity contribution in [2.24, 2.45) is 10.4 Å². The van der Waals surface area contributed by atoms with Gasteiger partial charge in [0.15, 0.2) is 5.96 Å². The molecule has 6 nitrogen and oxygen atoms in total. The topological polar surface area (TPSA) is 60.0 Å². The Balaban J connectivity index is 1.92. The van der Waals surface area contributed by atoms with Gasteiger partial charge in [0.25, 0.3) is 0 Å². The molecule has 1 aromatic heterocycles. The summed E-state index contributed by atoms with van der Waals surface area (Å²) in [5.41, 5.74) is -0.510. The monoisotopic (exact) mass is 443 g/mol. The van der Waals surface area contributed by atoms with E-state index < -0.39 is 5.41 Å². The second kappa shape index (κ2) is 9.71. The van der Waals surface area contributed by atoms with Gasteiger partial charge < -0.3 is 15.5 Å². The molecular weight excluding hydrogens is 414 g/mol. The van der Waals surface area contributed by atoms with Crippen molar-refractivity contribution < 1.29 is 4.79 Å². The van der Waals surface area contributed by atoms with E-state index in [0.29, 0.717) is 6.54 Å². The molecule has 0 spiro atoms. The lowest BCUT2D eigenvalue weighted by atomic mass is 9.93. The second-order valence-electron chi connectivity index (χ2n) is 7.10. The van der Waals surface area contributed by atoms with Crippen molar-refractivity contribution in [3.63, 3.8) is 0 Å². The van der Waals surface area contributed by atoms with Crippen LogP contribution in [0.15, 0.2) is 20.9 Å². The highest BCUT2D eigenvalue weighted by Crippen LogP contribution is 2.23. The van der Waals surface area contributed by atoms with Crippen LogP contribution in [0, 0.1) is 5.41 Å². The summed E-state index contributed by atoms with van der Waals surface area (Å²) in [6.45, 7) is 12.1. The molecule has 0 saturated carbocycles. The summed E-state index contributed by atoms with van der Waals surface area (Å²) in [6, 6.07) is 4.30. The molecule has 2 heterocycles. The molecule has 0 bridgehead atoms. The van der Waals surface area contributed by atoms with Gasteiger partial charge in [0.2, 0.25) is 5.91 Å². The maximum atomic E-state index is 12.0. The molecule has 0 radical (unpaired) electrons. The molecule has 1 amide bonds. The molecule has 0 unspecified atom stereocenters. The summed E-state index contributed by atoms with van der Waals surface area (Å²) in [5, 5.41) is 6.09. The van der Waals surface area contributed by atoms with Crippen LogP contribution in [-0.2, 0) is 11.3 Å². The van der Waals surface area contributed by atoms with E-state index in [2.05, 4.69) is 55.4 Å². The van der Waals surface area contributed by atoms with E-state index in [0.717, 1.165) is 45.2 Å². The van der Waals surface area contributed by atoms with Gasteiger partial charge in [-0.2, -0.15) is 0 Å². The van der Waals surface area contributed by atoms with Crippen LogP contribution in [0.5, 0.6) is 0 Å². The van der Waals surface area contributed by atoms with Gasteiger partial charge in [0.1, 0.15) is 0 Å². The third kappa shape index (κ3) is 5.96. The van der Waals surface area contributed by atoms with Crippen LogP contribution in [0.3, 0.4) is 0 Å². The largest absolute Gasteiger partial charge is 0.359 e. The standard InChI is InChI=1S/C18H30BrN5OS/c1-5-21-17(22-13-18(2,3)16(25)20-4)24-10-8-23(9-11-24)12-14-6-7-15(19)26-14/h6-7H,5,8-13H2,1-4H3,(H,20,25)(H,21,22). The lowest BCUT2D eigenvalue weighted by molar-refractivity contribution is -0.128. The first-order chi connectivity index (χ1) is 12.4. The molecule has 1 saturated heterocycles. The second-order valence-corrected chi connectivity index (χ2v) is 9.65. The van der Waals surface area contributed by atoms with Gasteiger partial charge in [-0.05, 0) is 48.8 Å². The maximum Gasteiger partial charge on any atom is 0.227 e. The number of thiophene rings is 1. The number of carbonyl (C=O) groups excluding carboxylic acids is 1. The van der Waals surface area contributed by atoms with E-state index in [1.165, 1.54) is 8.66 Å². The number of hydrogen-bond donors (Lipinski definition) is 2. The lowest BCUT2D eigenvalue weighted by Gasteiger charge is -2.36. The molecular formula is C18H30BrN5OS. The minimum Gasteiger partial charge on any atom is -0.359 e. The van der Waals surface area contributed by atoms with Crippen LogP contribution in [0.25, 0.3) is 0 Å². The fourth-order valence-electron chi connectivity index (χ4n) is 2.88. The number of carbonyl (C=O) groups is 1. The molecule has 1 aliphatic heterocycles. The molecule has 26 heavy (non-hydrogen) atoms. The zero-order valence-electron chi connectivity index (χ0n) is 16.1. The Hall–Kier alpha value is -1.12. The zero-order valence-corrected chi connectivity index (χ0v) is 18.5. The van der Waals surface area contributed by atoms with Gasteiger partial charge in [0, 0.05) is 51.2 Å². The van der Waals surface area contributed by atoms with E-state index in [-0.39, 0.29) is 5.91 Å². The predicted molar refractivity (Wildman–Crippen MR) is 113 cm³/mol. The first-order valence-corrected chi connectivity index (χ1v) is 10.7. The third-order valence-corrected chi connectivity index (χ3v) is 6.09. The highest BCUT2D eigenvalue weighted by molar-refractivity contribution is 9.11. The van der Waals surface area contributed by atoms with Crippen molar-refractivity contribution in [3.8, 4) is 0 Å². The van der Waals surface area contributed by atoms with Crippen LogP contribution in [0.1, 0.15) is 25.6 Å². The molecule has 2 N–H and O–H groups in total. The van der Waals surface area contributed by atoms with Crippen molar-refractivity contribution in [1.82, 2.24) is 20.4 Å². The van der Waals surface area contributed by atoms with E-state index in [9.17, 15) is 4.79 Å². The van der Waals surface area contributed by atoms with E-state index >= 15 is 0 Å². The van der Waals surface area contributed by atoms with Crippen molar-refractivity contribution in [3.05, 3.63) is 20.8 Å². The van der Waals surface area contributed by atoms with Crippen molar-refractivity contribution in [2.75, 3.05) is 46.3 Å². The van der Waals surface area contributed by atoms with Gasteiger partial charge in [-0.3, -0.25) is 14.7 Å². The van der Waals surface area contributed by atoms with Crippen molar-refractivity contribution >= 4 is 39.1 Å². The van der Waals surface area contributed by atoms with Gasteiger partial charge >= 0.3 is 0 Å². The molecule has 0 atom stereocenters. The maximum absolute atomic E-state index is 12.0. The van der Waals surface area contributed by atoms with Crippen LogP contribution < -0.4 is 10.6 Å². The number of amides is 1. The van der Waals surface area contributed by atoms with E-state index in [1.54, 1.807) is 18.4 Å². The average molecular weight is 444 g/mol. The van der Waals surface area contributed by atoms with Crippen LogP contribution in [0.4, 0.5) is 0 Å². The SMILES string of the molecule is CCNC(=NCC(C)(C)C(=O)NC)N1CCN(Cc2ccc(Br)s2)CC1. The Bertz CT molecular complexity index is 623. The summed E-state index contributed by atoms with van der Waals surface area (Å²) in [5.74, 6) is 0.923. The summed E-state index contributed by atoms with van der Waals surface area (Å²) in [7, 11) is 1.67. The number of piperazine rings is 1. The third-order valence-electron chi connectivity index (χ3n) is 4.48. The van der Waals surface area contributed by atoms with Crippen molar-refractivity contribution in [1.29, 1.82) is 0 Å². The Kier molecular flexibility index (Phi) is 7.91. The molecule has 0 aromatic carbocycles. The number of halogens is 1. The Morgan fingerprint density at radius 1 is 1.31 bits per heavy atom. The number of aliphatic imine (C=N–C) groups is 1. The molecule has 8 heteroatoms. The molecule has 1 fully saturated rings. The molecule has 0 aliphatic carbocycles. The van der Waals surface area contributed by atoms with Gasteiger partial charge in [0.05, 0.1) is 15.7 Å². The number of nitrogens with one attached hydrogen (secondary N) is 2. The van der Waals surface area contributed by atoms with E-state index in [1.807, 2.05) is 13.8 Å². The highest BCUT2D eigenvalue weighted by atomic mass is 79.9. The van der Waals surface area contributed by atoms with Gasteiger partial charge in [-0.15, -0.1) is 11.3 Å². The summed E-state index contributed by atoms with van der Waals surface area (Å²) in [4.78, 5) is 22.9. The number of guanidine groups is 1. The van der Waals surface area contributed by atoms with Crippen LogP contribution >= 0.6 is 27.3 Å². The fraction of sp³-hybridized carbons (Fsp3) is 0.667. The summed E-state index contributed by atoms with van der Waals surface area (Å²) < 4.78 is 1.19. The average Bonchev–Trinajstić information content (AvgIpc) is 3.03. The zero-order chi connectivity index (χ0) is 19.2. The van der Waals surface area contributed by atoms with Crippen molar-refractivity contribution in [2.45, 2.75) is 27.3 Å². The summed E-state index contributed by atoms with van der Waals surface area (Å²) in [6.07, 6.45) is 0. The minimum absolute atomic E-state index is 0.0176. The Morgan fingerprint density at radius 3 is 2.54 bits per heavy atom. The number of nitrogens with zero attached hydrogens (tertiary/aromatic N) is 3. The van der Waals surface area contributed by atoms with Crippen LogP contribution in [0.2, 0.25) is 0 Å². The molecule has 1 aromatic rings. The Morgan fingerprint density at radius 2 is 2.00 bits per heavy atom. The molecule has 146 valence electrons. The predicted octanol–water partition coefficient (Wildman–Crippen LogP) is 2.37. The van der Waals surface area contributed by atoms with Crippen LogP contribution in [-0.4, -0.2) is 68.0 Å². The van der Waals surface area contributed by atoms with Gasteiger partial charge in [-0.1, -0.05) is 0 Å². The molecule has 1 aliphatic rings. The lowest BCUT2D eigenvalue weighted by Crippen LogP contribution is -2.52. The number of hydrogen-bond acceptors (Lipinski definition) is 4. The van der Waals surface area contributed by atoms with Gasteiger partial charge in [-0.25, -0.2) is 0 Å². The summed E-state index contributed by atoms with van der Waals surface area (Å²) >= 11 is 5.33. The molecule has 2 rings (SSSR count).